The van der Waals surface area contributed by atoms with Crippen LogP contribution in [0.15, 0.2) is 23.2 Å². The lowest BCUT2D eigenvalue weighted by molar-refractivity contribution is 0.254. The van der Waals surface area contributed by atoms with E-state index >= 15 is 0 Å². The summed E-state index contributed by atoms with van der Waals surface area (Å²) in [5, 5.41) is 0. The lowest BCUT2D eigenvalue weighted by Crippen LogP contribution is -2.20. The number of isocyanates is 1. The van der Waals surface area contributed by atoms with Crippen LogP contribution in [-0.4, -0.2) is 12.2 Å². The minimum atomic E-state index is -0.333. The number of ether oxygens (including phenoxy) is 1. The van der Waals surface area contributed by atoms with Crippen molar-refractivity contribution in [1.82, 2.24) is 0 Å². The summed E-state index contributed by atoms with van der Waals surface area (Å²) >= 11 is 0. The Morgan fingerprint density at radius 1 is 1.39 bits per heavy atom. The van der Waals surface area contributed by atoms with E-state index in [-0.39, 0.29) is 11.6 Å². The van der Waals surface area contributed by atoms with E-state index in [0.717, 1.165) is 37.9 Å². The Morgan fingerprint density at radius 3 is 2.89 bits per heavy atom. The molecule has 18 heavy (non-hydrogen) atoms. The molecule has 0 spiro atoms. The molecule has 3 heteroatoms. The minimum Gasteiger partial charge on any atom is -0.490 e. The highest BCUT2D eigenvalue weighted by molar-refractivity contribution is 5.49. The van der Waals surface area contributed by atoms with E-state index in [0.29, 0.717) is 0 Å². The van der Waals surface area contributed by atoms with Gasteiger partial charge in [0.15, 0.2) is 0 Å². The molecule has 1 aromatic rings. The summed E-state index contributed by atoms with van der Waals surface area (Å²) in [6.07, 6.45) is 7.09. The average molecular weight is 243 g/mol. The van der Waals surface area contributed by atoms with Gasteiger partial charge in [-0.1, -0.05) is 25.0 Å². The molecule has 0 radical (unpaired) electrons. The minimum absolute atomic E-state index is 0.222. The zero-order valence-corrected chi connectivity index (χ0v) is 10.6. The van der Waals surface area contributed by atoms with Crippen molar-refractivity contribution in [2.75, 3.05) is 0 Å². The molecule has 0 aromatic heterocycles. The molecular formula is C15H17NO2. The van der Waals surface area contributed by atoms with Crippen LogP contribution in [0, 0.1) is 0 Å². The van der Waals surface area contributed by atoms with Crippen LogP contribution in [0.5, 0.6) is 5.75 Å². The Bertz CT molecular complexity index is 511. The van der Waals surface area contributed by atoms with Crippen molar-refractivity contribution < 1.29 is 9.53 Å². The molecule has 3 rings (SSSR count). The highest BCUT2D eigenvalue weighted by Crippen LogP contribution is 2.46. The van der Waals surface area contributed by atoms with E-state index in [1.165, 1.54) is 11.1 Å². The second-order valence-electron chi connectivity index (χ2n) is 5.36. The topological polar surface area (TPSA) is 38.7 Å². The molecule has 1 aliphatic heterocycles. The molecule has 2 aliphatic rings. The summed E-state index contributed by atoms with van der Waals surface area (Å²) in [6, 6.07) is 6.12. The third-order valence-corrected chi connectivity index (χ3v) is 4.14. The van der Waals surface area contributed by atoms with Gasteiger partial charge in [0.05, 0.1) is 5.54 Å². The maximum atomic E-state index is 10.8. The first-order valence-corrected chi connectivity index (χ1v) is 6.63. The first kappa shape index (κ1) is 11.5. The largest absolute Gasteiger partial charge is 0.490 e. The third-order valence-electron chi connectivity index (χ3n) is 4.14. The molecular weight excluding hydrogens is 226 g/mol. The van der Waals surface area contributed by atoms with Crippen LogP contribution in [0.3, 0.4) is 0 Å². The number of hydrogen-bond donors (Lipinski definition) is 0. The van der Waals surface area contributed by atoms with Gasteiger partial charge in [0.1, 0.15) is 11.9 Å². The van der Waals surface area contributed by atoms with E-state index in [1.807, 2.05) is 12.1 Å². The van der Waals surface area contributed by atoms with Crippen molar-refractivity contribution >= 4 is 6.08 Å². The quantitative estimate of drug-likeness (QED) is 0.591. The lowest BCUT2D eigenvalue weighted by Gasteiger charge is -2.25. The average Bonchev–Trinajstić information content (AvgIpc) is 2.94. The Balaban J connectivity index is 2.12. The van der Waals surface area contributed by atoms with Crippen LogP contribution in [0.25, 0.3) is 0 Å². The molecule has 1 aromatic carbocycles. The van der Waals surface area contributed by atoms with Gasteiger partial charge in [-0.15, -0.1) is 0 Å². The highest BCUT2D eigenvalue weighted by atomic mass is 16.5. The second kappa shape index (κ2) is 4.25. The van der Waals surface area contributed by atoms with Gasteiger partial charge in [0, 0.05) is 12.0 Å². The van der Waals surface area contributed by atoms with Crippen LogP contribution in [-0.2, 0) is 16.8 Å². The first-order valence-electron chi connectivity index (χ1n) is 6.63. The van der Waals surface area contributed by atoms with Crippen molar-refractivity contribution in [3.05, 3.63) is 29.3 Å². The zero-order valence-electron chi connectivity index (χ0n) is 10.6. The van der Waals surface area contributed by atoms with Crippen LogP contribution in [0.1, 0.15) is 43.7 Å². The normalized spacial score (nSPS) is 24.2. The SMILES string of the molecule is CC1Cc2c(cccc2C2(N=C=O)CCCC2)O1. The van der Waals surface area contributed by atoms with Crippen LogP contribution in [0.2, 0.25) is 0 Å². The number of fused-ring (bicyclic) bond motifs is 1. The molecule has 1 saturated carbocycles. The molecule has 0 amide bonds. The number of aliphatic imine (C=N–C) groups is 1. The van der Waals surface area contributed by atoms with Gasteiger partial charge in [0.25, 0.3) is 0 Å². The summed E-state index contributed by atoms with van der Waals surface area (Å²) < 4.78 is 5.79. The van der Waals surface area contributed by atoms with Crippen molar-refractivity contribution in [3.8, 4) is 5.75 Å². The molecule has 1 aliphatic carbocycles. The standard InChI is InChI=1S/C15H17NO2/c1-11-9-12-13(5-4-6-14(12)18-11)15(16-10-17)7-2-3-8-15/h4-6,11H,2-3,7-9H2,1H3. The maximum Gasteiger partial charge on any atom is 0.235 e. The maximum absolute atomic E-state index is 10.8. The van der Waals surface area contributed by atoms with Crippen LogP contribution in [0.4, 0.5) is 0 Å². The predicted molar refractivity (Wildman–Crippen MR) is 68.5 cm³/mol. The summed E-state index contributed by atoms with van der Waals surface area (Å²) in [5.41, 5.74) is 2.09. The zero-order chi connectivity index (χ0) is 12.6. The van der Waals surface area contributed by atoms with Gasteiger partial charge in [-0.2, -0.15) is 4.99 Å². The van der Waals surface area contributed by atoms with Gasteiger partial charge in [-0.3, -0.25) is 0 Å². The molecule has 1 heterocycles. The third kappa shape index (κ3) is 1.67. The monoisotopic (exact) mass is 243 g/mol. The number of carbonyl (C=O) groups excluding carboxylic acids is 1. The summed E-state index contributed by atoms with van der Waals surface area (Å²) in [7, 11) is 0. The fourth-order valence-electron chi connectivity index (χ4n) is 3.36. The Kier molecular flexibility index (Phi) is 2.71. The number of nitrogens with zero attached hydrogens (tertiary/aromatic N) is 1. The summed E-state index contributed by atoms with van der Waals surface area (Å²) in [4.78, 5) is 14.9. The van der Waals surface area contributed by atoms with E-state index in [1.54, 1.807) is 6.08 Å². The highest BCUT2D eigenvalue weighted by Gasteiger charge is 2.39. The van der Waals surface area contributed by atoms with E-state index in [9.17, 15) is 4.79 Å². The lowest BCUT2D eigenvalue weighted by atomic mass is 9.84. The van der Waals surface area contributed by atoms with Gasteiger partial charge in [0.2, 0.25) is 6.08 Å². The smallest absolute Gasteiger partial charge is 0.235 e. The van der Waals surface area contributed by atoms with Crippen molar-refractivity contribution in [1.29, 1.82) is 0 Å². The number of rotatable bonds is 2. The van der Waals surface area contributed by atoms with E-state index in [4.69, 9.17) is 4.74 Å². The molecule has 0 bridgehead atoms. The van der Waals surface area contributed by atoms with Gasteiger partial charge >= 0.3 is 0 Å². The second-order valence-corrected chi connectivity index (χ2v) is 5.36. The van der Waals surface area contributed by atoms with Gasteiger partial charge < -0.3 is 4.74 Å². The Hall–Kier alpha value is -1.60. The Morgan fingerprint density at radius 2 is 2.17 bits per heavy atom. The van der Waals surface area contributed by atoms with Crippen molar-refractivity contribution in [2.24, 2.45) is 4.99 Å². The molecule has 0 saturated heterocycles. The first-order chi connectivity index (χ1) is 8.75. The molecule has 0 N–H and O–H groups in total. The fourth-order valence-corrected chi connectivity index (χ4v) is 3.36. The molecule has 1 fully saturated rings. The van der Waals surface area contributed by atoms with Crippen molar-refractivity contribution in [3.63, 3.8) is 0 Å². The summed E-state index contributed by atoms with van der Waals surface area (Å²) in [6.45, 7) is 2.08. The van der Waals surface area contributed by atoms with Gasteiger partial charge in [-0.25, -0.2) is 4.79 Å². The fraction of sp³-hybridized carbons (Fsp3) is 0.533. The Labute approximate surface area is 107 Å². The van der Waals surface area contributed by atoms with Crippen molar-refractivity contribution in [2.45, 2.75) is 50.7 Å². The number of hydrogen-bond acceptors (Lipinski definition) is 3. The van der Waals surface area contributed by atoms with E-state index in [2.05, 4.69) is 18.0 Å². The molecule has 1 atom stereocenters. The summed E-state index contributed by atoms with van der Waals surface area (Å²) in [5.74, 6) is 0.965. The molecule has 3 nitrogen and oxygen atoms in total. The molecule has 1 unspecified atom stereocenters. The molecule has 94 valence electrons. The van der Waals surface area contributed by atoms with Gasteiger partial charge in [-0.05, 0) is 31.4 Å². The van der Waals surface area contributed by atoms with Crippen LogP contribution >= 0.6 is 0 Å². The predicted octanol–water partition coefficient (Wildman–Crippen LogP) is 3.12. The van der Waals surface area contributed by atoms with Crippen LogP contribution < -0.4 is 4.74 Å². The van der Waals surface area contributed by atoms with E-state index < -0.39 is 0 Å². The number of benzene rings is 1.